The minimum absolute atomic E-state index is 0.148. The minimum atomic E-state index is -0.468. The van der Waals surface area contributed by atoms with E-state index in [4.69, 9.17) is 18.9 Å². The minimum Gasteiger partial charge on any atom is -0.493 e. The maximum absolute atomic E-state index is 10.7. The van der Waals surface area contributed by atoms with Crippen LogP contribution in [-0.2, 0) is 15.9 Å². The fourth-order valence-electron chi connectivity index (χ4n) is 4.43. The lowest BCUT2D eigenvalue weighted by molar-refractivity contribution is -0.149. The third kappa shape index (κ3) is 4.15. The van der Waals surface area contributed by atoms with Crippen molar-refractivity contribution in [1.29, 1.82) is 0 Å². The van der Waals surface area contributed by atoms with Crippen LogP contribution in [0.25, 0.3) is 0 Å². The molecule has 4 rings (SSSR count). The van der Waals surface area contributed by atoms with Gasteiger partial charge in [0, 0.05) is 32.2 Å². The predicted octanol–water partition coefficient (Wildman–Crippen LogP) is 2.71. The molecule has 0 bridgehead atoms. The summed E-state index contributed by atoms with van der Waals surface area (Å²) in [7, 11) is 1.68. The van der Waals surface area contributed by atoms with Crippen molar-refractivity contribution < 1.29 is 24.1 Å². The Labute approximate surface area is 167 Å². The van der Waals surface area contributed by atoms with Crippen molar-refractivity contribution in [2.75, 3.05) is 33.4 Å². The van der Waals surface area contributed by atoms with Crippen molar-refractivity contribution in [1.82, 2.24) is 4.90 Å². The Hall–Kier alpha value is -1.34. The summed E-state index contributed by atoms with van der Waals surface area (Å²) in [6.45, 7) is 9.23. The Balaban J connectivity index is 1.52. The highest BCUT2D eigenvalue weighted by Crippen LogP contribution is 2.42. The van der Waals surface area contributed by atoms with E-state index in [-0.39, 0.29) is 23.9 Å². The molecule has 6 heteroatoms. The summed E-state index contributed by atoms with van der Waals surface area (Å²) in [6, 6.07) is 4.41. The first kappa shape index (κ1) is 20.0. The van der Waals surface area contributed by atoms with Crippen LogP contribution in [0.2, 0.25) is 0 Å². The van der Waals surface area contributed by atoms with E-state index in [2.05, 4.69) is 17.0 Å². The van der Waals surface area contributed by atoms with Gasteiger partial charge >= 0.3 is 0 Å². The van der Waals surface area contributed by atoms with Crippen LogP contribution >= 0.6 is 0 Å². The van der Waals surface area contributed by atoms with E-state index < -0.39 is 6.10 Å². The van der Waals surface area contributed by atoms with Gasteiger partial charge in [-0.3, -0.25) is 4.90 Å². The van der Waals surface area contributed by atoms with E-state index in [9.17, 15) is 5.11 Å². The largest absolute Gasteiger partial charge is 0.493 e. The first-order chi connectivity index (χ1) is 13.3. The second-order valence-electron chi connectivity index (χ2n) is 9.13. The average Bonchev–Trinajstić information content (AvgIpc) is 2.59. The summed E-state index contributed by atoms with van der Waals surface area (Å²) >= 11 is 0. The summed E-state index contributed by atoms with van der Waals surface area (Å²) in [5.74, 6) is 1.54. The molecule has 2 saturated heterocycles. The van der Waals surface area contributed by atoms with Gasteiger partial charge in [0.1, 0.15) is 6.61 Å². The Morgan fingerprint density at radius 1 is 1.25 bits per heavy atom. The van der Waals surface area contributed by atoms with E-state index in [0.717, 1.165) is 44.0 Å². The number of aliphatic hydroxyl groups is 1. The van der Waals surface area contributed by atoms with Gasteiger partial charge in [-0.1, -0.05) is 0 Å². The Morgan fingerprint density at radius 2 is 2.04 bits per heavy atom. The van der Waals surface area contributed by atoms with E-state index in [1.165, 1.54) is 11.1 Å². The number of benzene rings is 1. The van der Waals surface area contributed by atoms with Crippen molar-refractivity contribution in [3.8, 4) is 11.5 Å². The SMILES string of the molecule is COc1cc2c(cc1OC[C@H]1CCO1)CCN1CC(OC(C)(C)C)C(O)CC21. The zero-order valence-corrected chi connectivity index (χ0v) is 17.4. The molecule has 156 valence electrons. The molecule has 2 fully saturated rings. The Bertz CT molecular complexity index is 697. The molecule has 0 spiro atoms. The van der Waals surface area contributed by atoms with E-state index >= 15 is 0 Å². The molecular formula is C22H33NO5. The van der Waals surface area contributed by atoms with Gasteiger partial charge in [0.25, 0.3) is 0 Å². The topological polar surface area (TPSA) is 60.4 Å². The number of ether oxygens (including phenoxy) is 4. The number of methoxy groups -OCH3 is 1. The lowest BCUT2D eigenvalue weighted by Gasteiger charge is -2.46. The highest BCUT2D eigenvalue weighted by molar-refractivity contribution is 5.49. The standard InChI is InChI=1S/C22H33NO5/c1-22(2,3)28-21-12-23-7-5-14-9-20(27-13-15-6-8-26-15)19(25-4)10-16(14)17(23)11-18(21)24/h9-10,15,17-18,21,24H,5-8,11-13H2,1-4H3/t15-,17?,18?,21?/m1/s1. The normalized spacial score (nSPS) is 30.2. The summed E-state index contributed by atoms with van der Waals surface area (Å²) in [5, 5.41) is 10.7. The molecule has 0 amide bonds. The first-order valence-electron chi connectivity index (χ1n) is 10.4. The average molecular weight is 392 g/mol. The molecule has 3 aliphatic rings. The van der Waals surface area contributed by atoms with Gasteiger partial charge < -0.3 is 24.1 Å². The van der Waals surface area contributed by atoms with Crippen molar-refractivity contribution in [2.24, 2.45) is 0 Å². The van der Waals surface area contributed by atoms with E-state index in [1.54, 1.807) is 7.11 Å². The molecule has 0 aromatic heterocycles. The molecule has 4 atom stereocenters. The fourth-order valence-corrected chi connectivity index (χ4v) is 4.43. The van der Waals surface area contributed by atoms with E-state index in [1.807, 2.05) is 20.8 Å². The molecule has 0 aliphatic carbocycles. The molecule has 3 heterocycles. The van der Waals surface area contributed by atoms with Gasteiger partial charge in [-0.15, -0.1) is 0 Å². The monoisotopic (exact) mass is 391 g/mol. The van der Waals surface area contributed by atoms with Crippen LogP contribution in [0.15, 0.2) is 12.1 Å². The molecule has 6 nitrogen and oxygen atoms in total. The summed E-state index contributed by atoms with van der Waals surface area (Å²) < 4.78 is 23.2. The summed E-state index contributed by atoms with van der Waals surface area (Å²) in [5.41, 5.74) is 2.27. The summed E-state index contributed by atoms with van der Waals surface area (Å²) in [6.07, 6.45) is 2.27. The molecule has 1 N–H and O–H groups in total. The zero-order chi connectivity index (χ0) is 19.9. The van der Waals surface area contributed by atoms with Crippen molar-refractivity contribution in [2.45, 2.75) is 70.0 Å². The number of rotatable bonds is 5. The number of hydrogen-bond donors (Lipinski definition) is 1. The quantitative estimate of drug-likeness (QED) is 0.833. The molecule has 3 aliphatic heterocycles. The number of fused-ring (bicyclic) bond motifs is 3. The summed E-state index contributed by atoms with van der Waals surface area (Å²) in [4.78, 5) is 2.44. The second-order valence-corrected chi connectivity index (χ2v) is 9.13. The van der Waals surface area contributed by atoms with Gasteiger partial charge in [-0.25, -0.2) is 0 Å². The number of nitrogens with zero attached hydrogens (tertiary/aromatic N) is 1. The van der Waals surface area contributed by atoms with Crippen LogP contribution < -0.4 is 9.47 Å². The van der Waals surface area contributed by atoms with Crippen molar-refractivity contribution >= 4 is 0 Å². The number of piperidine rings is 1. The van der Waals surface area contributed by atoms with Crippen LogP contribution in [0.5, 0.6) is 11.5 Å². The van der Waals surface area contributed by atoms with Crippen LogP contribution in [0.1, 0.15) is 50.8 Å². The molecule has 0 radical (unpaired) electrons. The van der Waals surface area contributed by atoms with Gasteiger partial charge in [-0.05, 0) is 56.9 Å². The molecule has 3 unspecified atom stereocenters. The fraction of sp³-hybridized carbons (Fsp3) is 0.727. The molecule has 1 aromatic carbocycles. The van der Waals surface area contributed by atoms with Gasteiger partial charge in [-0.2, -0.15) is 0 Å². The number of aliphatic hydroxyl groups excluding tert-OH is 1. The first-order valence-corrected chi connectivity index (χ1v) is 10.4. The maximum atomic E-state index is 10.7. The van der Waals surface area contributed by atoms with Crippen LogP contribution in [-0.4, -0.2) is 67.3 Å². The van der Waals surface area contributed by atoms with Gasteiger partial charge in [0.15, 0.2) is 11.5 Å². The zero-order valence-electron chi connectivity index (χ0n) is 17.4. The third-order valence-electron chi connectivity index (χ3n) is 5.93. The van der Waals surface area contributed by atoms with Crippen LogP contribution in [0.4, 0.5) is 0 Å². The molecule has 1 aromatic rings. The molecule has 0 saturated carbocycles. The third-order valence-corrected chi connectivity index (χ3v) is 5.93. The van der Waals surface area contributed by atoms with E-state index in [0.29, 0.717) is 13.0 Å². The molecule has 28 heavy (non-hydrogen) atoms. The smallest absolute Gasteiger partial charge is 0.161 e. The highest BCUT2D eigenvalue weighted by Gasteiger charge is 2.40. The second kappa shape index (κ2) is 7.82. The van der Waals surface area contributed by atoms with Crippen molar-refractivity contribution in [3.05, 3.63) is 23.3 Å². The number of hydrogen-bond acceptors (Lipinski definition) is 6. The van der Waals surface area contributed by atoms with Crippen LogP contribution in [0, 0.1) is 0 Å². The Kier molecular flexibility index (Phi) is 5.58. The maximum Gasteiger partial charge on any atom is 0.161 e. The lowest BCUT2D eigenvalue weighted by atomic mass is 9.84. The highest BCUT2D eigenvalue weighted by atomic mass is 16.6. The molecular weight excluding hydrogens is 358 g/mol. The van der Waals surface area contributed by atoms with Gasteiger partial charge in [0.2, 0.25) is 0 Å². The lowest BCUT2D eigenvalue weighted by Crippen LogP contribution is -2.53. The van der Waals surface area contributed by atoms with Crippen molar-refractivity contribution in [3.63, 3.8) is 0 Å². The van der Waals surface area contributed by atoms with Crippen LogP contribution in [0.3, 0.4) is 0 Å². The predicted molar refractivity (Wildman–Crippen MR) is 106 cm³/mol. The Morgan fingerprint density at radius 3 is 2.68 bits per heavy atom. The van der Waals surface area contributed by atoms with Gasteiger partial charge in [0.05, 0.1) is 31.0 Å².